The summed E-state index contributed by atoms with van der Waals surface area (Å²) in [6.45, 7) is 4.30. The van der Waals surface area contributed by atoms with Gasteiger partial charge in [0.2, 0.25) is 0 Å². The molecule has 1 heterocycles. The Morgan fingerprint density at radius 2 is 1.80 bits per heavy atom. The van der Waals surface area contributed by atoms with Crippen LogP contribution in [0.15, 0.2) is 58.3 Å². The van der Waals surface area contributed by atoms with Crippen molar-refractivity contribution in [1.82, 2.24) is 9.78 Å². The number of halogens is 1. The minimum absolute atomic E-state index is 0.0362. The molecule has 0 saturated carbocycles. The van der Waals surface area contributed by atoms with Gasteiger partial charge in [-0.15, -0.1) is 0 Å². The summed E-state index contributed by atoms with van der Waals surface area (Å²) in [6, 6.07) is 12.1. The van der Waals surface area contributed by atoms with Crippen LogP contribution in [0.4, 0.5) is 10.1 Å². The number of hydrogen-bond donors (Lipinski definition) is 1. The lowest BCUT2D eigenvalue weighted by atomic mass is 10.1. The minimum atomic E-state index is -0.479. The van der Waals surface area contributed by atoms with Gasteiger partial charge < -0.3 is 0 Å². The first-order chi connectivity index (χ1) is 14.4. The number of benzene rings is 2. The quantitative estimate of drug-likeness (QED) is 0.342. The van der Waals surface area contributed by atoms with Crippen LogP contribution in [-0.2, 0) is 12.8 Å². The average Bonchev–Trinajstić information content (AvgIpc) is 3.05. The Morgan fingerprint density at radius 3 is 2.40 bits per heavy atom. The SMILES string of the molecule is CCCc1[nH]n(-c2ccc([N+](=O)[O-])cc2)c(=O)c1C(C)=NCCc1ccc(F)cc1. The van der Waals surface area contributed by atoms with Gasteiger partial charge in [-0.25, -0.2) is 9.07 Å². The molecule has 0 unspecified atom stereocenters. The number of rotatable bonds is 8. The Labute approximate surface area is 173 Å². The molecule has 8 heteroatoms. The molecule has 3 rings (SSSR count). The molecular weight excluding hydrogens is 387 g/mol. The van der Waals surface area contributed by atoms with E-state index in [9.17, 15) is 19.3 Å². The van der Waals surface area contributed by atoms with Gasteiger partial charge in [-0.3, -0.25) is 25.0 Å². The number of aromatic amines is 1. The number of aromatic nitrogens is 2. The number of aryl methyl sites for hydroxylation is 1. The van der Waals surface area contributed by atoms with Crippen molar-refractivity contribution in [2.24, 2.45) is 4.99 Å². The topological polar surface area (TPSA) is 93.3 Å². The Hall–Kier alpha value is -3.55. The van der Waals surface area contributed by atoms with Crippen LogP contribution >= 0.6 is 0 Å². The van der Waals surface area contributed by atoms with E-state index in [-0.39, 0.29) is 17.1 Å². The number of hydrogen-bond acceptors (Lipinski definition) is 4. The van der Waals surface area contributed by atoms with E-state index in [0.29, 0.717) is 36.3 Å². The summed E-state index contributed by atoms with van der Waals surface area (Å²) in [7, 11) is 0. The highest BCUT2D eigenvalue weighted by atomic mass is 19.1. The fourth-order valence-corrected chi connectivity index (χ4v) is 3.27. The average molecular weight is 410 g/mol. The summed E-state index contributed by atoms with van der Waals surface area (Å²) in [5.41, 5.74) is 3.15. The van der Waals surface area contributed by atoms with Crippen LogP contribution in [0.25, 0.3) is 5.69 Å². The van der Waals surface area contributed by atoms with E-state index in [1.165, 1.54) is 41.1 Å². The molecule has 156 valence electrons. The zero-order valence-corrected chi connectivity index (χ0v) is 16.9. The minimum Gasteiger partial charge on any atom is -0.294 e. The van der Waals surface area contributed by atoms with Crippen LogP contribution in [0.1, 0.15) is 37.1 Å². The van der Waals surface area contributed by atoms with Gasteiger partial charge in [-0.2, -0.15) is 0 Å². The Morgan fingerprint density at radius 1 is 1.13 bits per heavy atom. The van der Waals surface area contributed by atoms with Crippen molar-refractivity contribution >= 4 is 11.4 Å². The first-order valence-corrected chi connectivity index (χ1v) is 9.75. The van der Waals surface area contributed by atoms with Crippen molar-refractivity contribution in [3.8, 4) is 5.69 Å². The van der Waals surface area contributed by atoms with Crippen molar-refractivity contribution < 1.29 is 9.31 Å². The fourth-order valence-electron chi connectivity index (χ4n) is 3.27. The third kappa shape index (κ3) is 4.71. The molecule has 30 heavy (non-hydrogen) atoms. The molecule has 0 radical (unpaired) electrons. The van der Waals surface area contributed by atoms with E-state index in [1.54, 1.807) is 19.1 Å². The number of nitro benzene ring substituents is 1. The van der Waals surface area contributed by atoms with E-state index in [4.69, 9.17) is 0 Å². The maximum Gasteiger partial charge on any atom is 0.280 e. The summed E-state index contributed by atoms with van der Waals surface area (Å²) in [5.74, 6) is -0.276. The van der Waals surface area contributed by atoms with Gasteiger partial charge in [-0.1, -0.05) is 25.5 Å². The lowest BCUT2D eigenvalue weighted by molar-refractivity contribution is -0.384. The van der Waals surface area contributed by atoms with Crippen LogP contribution < -0.4 is 5.56 Å². The molecule has 0 aliphatic rings. The normalized spacial score (nSPS) is 11.6. The maximum absolute atomic E-state index is 13.1. The second kappa shape index (κ2) is 9.30. The predicted octanol–water partition coefficient (Wildman–Crippen LogP) is 4.22. The van der Waals surface area contributed by atoms with E-state index >= 15 is 0 Å². The summed E-state index contributed by atoms with van der Waals surface area (Å²) < 4.78 is 14.4. The number of nitrogens with zero attached hydrogens (tertiary/aromatic N) is 3. The van der Waals surface area contributed by atoms with Crippen molar-refractivity contribution in [3.05, 3.63) is 91.6 Å². The molecule has 0 aliphatic heterocycles. The van der Waals surface area contributed by atoms with Crippen LogP contribution in [-0.4, -0.2) is 27.0 Å². The van der Waals surface area contributed by atoms with Crippen LogP contribution in [0.2, 0.25) is 0 Å². The van der Waals surface area contributed by atoms with Crippen LogP contribution in [0.3, 0.4) is 0 Å². The maximum atomic E-state index is 13.1. The van der Waals surface area contributed by atoms with Crippen molar-refractivity contribution in [2.75, 3.05) is 6.54 Å². The molecule has 0 bridgehead atoms. The molecule has 0 amide bonds. The van der Waals surface area contributed by atoms with E-state index in [0.717, 1.165) is 17.7 Å². The monoisotopic (exact) mass is 410 g/mol. The van der Waals surface area contributed by atoms with Gasteiger partial charge in [0.1, 0.15) is 5.82 Å². The molecule has 1 aromatic heterocycles. The first kappa shape index (κ1) is 21.2. The predicted molar refractivity (Wildman–Crippen MR) is 114 cm³/mol. The van der Waals surface area contributed by atoms with Crippen molar-refractivity contribution in [3.63, 3.8) is 0 Å². The third-order valence-corrected chi connectivity index (χ3v) is 4.81. The summed E-state index contributed by atoms with van der Waals surface area (Å²) in [4.78, 5) is 28.0. The molecular formula is C22H23FN4O3. The van der Waals surface area contributed by atoms with Crippen LogP contribution in [0, 0.1) is 15.9 Å². The van der Waals surface area contributed by atoms with Gasteiger partial charge in [0.05, 0.1) is 16.2 Å². The molecule has 3 aromatic rings. The van der Waals surface area contributed by atoms with Crippen molar-refractivity contribution in [1.29, 1.82) is 0 Å². The zero-order valence-electron chi connectivity index (χ0n) is 16.9. The van der Waals surface area contributed by atoms with Gasteiger partial charge in [-0.05, 0) is 49.6 Å². The highest BCUT2D eigenvalue weighted by Gasteiger charge is 2.17. The molecule has 2 aromatic carbocycles. The Kier molecular flexibility index (Phi) is 6.56. The van der Waals surface area contributed by atoms with Gasteiger partial charge in [0.25, 0.3) is 11.2 Å². The number of aliphatic imine (C=N–C) groups is 1. The van der Waals surface area contributed by atoms with Gasteiger partial charge in [0.15, 0.2) is 0 Å². The van der Waals surface area contributed by atoms with E-state index in [2.05, 4.69) is 10.1 Å². The van der Waals surface area contributed by atoms with Gasteiger partial charge in [0, 0.05) is 30.1 Å². The van der Waals surface area contributed by atoms with Crippen LogP contribution in [0.5, 0.6) is 0 Å². The smallest absolute Gasteiger partial charge is 0.280 e. The zero-order chi connectivity index (χ0) is 21.7. The number of nitro groups is 1. The molecule has 0 atom stereocenters. The highest BCUT2D eigenvalue weighted by molar-refractivity contribution is 5.99. The molecule has 0 saturated heterocycles. The largest absolute Gasteiger partial charge is 0.294 e. The van der Waals surface area contributed by atoms with E-state index in [1.807, 2.05) is 6.92 Å². The van der Waals surface area contributed by atoms with Gasteiger partial charge >= 0.3 is 0 Å². The standard InChI is InChI=1S/C22H23FN4O3/c1-3-4-20-21(15(2)24-14-13-16-5-7-17(23)8-6-16)22(28)26(25-20)18-9-11-19(12-10-18)27(29)30/h5-12,25H,3-4,13-14H2,1-2H3. The molecule has 7 nitrogen and oxygen atoms in total. The number of H-pyrrole nitrogens is 1. The second-order valence-electron chi connectivity index (χ2n) is 6.97. The van der Waals surface area contributed by atoms with Crippen molar-refractivity contribution in [2.45, 2.75) is 33.1 Å². The Balaban J connectivity index is 1.88. The van der Waals surface area contributed by atoms with E-state index < -0.39 is 4.92 Å². The molecule has 1 N–H and O–H groups in total. The Bertz CT molecular complexity index is 1110. The first-order valence-electron chi connectivity index (χ1n) is 9.75. The summed E-state index contributed by atoms with van der Waals surface area (Å²) in [6.07, 6.45) is 2.16. The third-order valence-electron chi connectivity index (χ3n) is 4.81. The summed E-state index contributed by atoms with van der Waals surface area (Å²) in [5, 5.41) is 14.0. The number of nitrogens with one attached hydrogen (secondary N) is 1. The number of non-ortho nitro benzene ring substituents is 1. The fraction of sp³-hybridized carbons (Fsp3) is 0.273. The summed E-state index contributed by atoms with van der Waals surface area (Å²) >= 11 is 0. The lowest BCUT2D eigenvalue weighted by Gasteiger charge is -2.02. The highest BCUT2D eigenvalue weighted by Crippen LogP contribution is 2.16. The second-order valence-corrected chi connectivity index (χ2v) is 6.97. The molecule has 0 fully saturated rings. The molecule has 0 aliphatic carbocycles. The molecule has 0 spiro atoms. The lowest BCUT2D eigenvalue weighted by Crippen LogP contribution is -2.20.